The van der Waals surface area contributed by atoms with Gasteiger partial charge in [-0.25, -0.2) is 4.68 Å². The number of amides is 2. The Kier molecular flexibility index (Phi) is 9.76. The van der Waals surface area contributed by atoms with E-state index in [1.165, 1.54) is 0 Å². The van der Waals surface area contributed by atoms with Crippen LogP contribution in [0.4, 0.5) is 5.82 Å². The van der Waals surface area contributed by atoms with Gasteiger partial charge in [-0.05, 0) is 25.0 Å². The van der Waals surface area contributed by atoms with E-state index in [9.17, 15) is 9.59 Å². The second kappa shape index (κ2) is 12.0. The summed E-state index contributed by atoms with van der Waals surface area (Å²) in [6, 6.07) is 9.26. The smallest absolute Gasteiger partial charge is 0.245 e. The van der Waals surface area contributed by atoms with Gasteiger partial charge >= 0.3 is 0 Å². The van der Waals surface area contributed by atoms with Crippen molar-refractivity contribution in [1.82, 2.24) is 14.7 Å². The van der Waals surface area contributed by atoms with Gasteiger partial charge in [-0.15, -0.1) is 0 Å². The molecule has 0 saturated heterocycles. The summed E-state index contributed by atoms with van der Waals surface area (Å²) in [7, 11) is 0. The van der Waals surface area contributed by atoms with Gasteiger partial charge < -0.3 is 10.2 Å². The summed E-state index contributed by atoms with van der Waals surface area (Å²) in [5.41, 5.74) is 1.33. The van der Waals surface area contributed by atoms with Crippen molar-refractivity contribution >= 4 is 29.2 Å². The van der Waals surface area contributed by atoms with Crippen molar-refractivity contribution in [2.75, 3.05) is 18.4 Å². The highest BCUT2D eigenvalue weighted by Crippen LogP contribution is 2.29. The lowest BCUT2D eigenvalue weighted by atomic mass is 9.92. The molecule has 1 heterocycles. The maximum atomic E-state index is 12.9. The van der Waals surface area contributed by atoms with E-state index in [1.54, 1.807) is 15.6 Å². The molecule has 0 radical (unpaired) electrons. The number of nitrogens with one attached hydrogen (secondary N) is 1. The lowest BCUT2D eigenvalue weighted by molar-refractivity contribution is -0.134. The van der Waals surface area contributed by atoms with Crippen LogP contribution in [0.5, 0.6) is 0 Å². The number of hydrogen-bond acceptors (Lipinski definition) is 3. The molecule has 2 amide bonds. The molecule has 7 heteroatoms. The van der Waals surface area contributed by atoms with Crippen LogP contribution >= 0.6 is 11.6 Å². The Morgan fingerprint density at radius 1 is 1.09 bits per heavy atom. The molecule has 0 saturated carbocycles. The average Bonchev–Trinajstić information content (AvgIpc) is 3.15. The van der Waals surface area contributed by atoms with Crippen LogP contribution in [-0.4, -0.2) is 39.6 Å². The van der Waals surface area contributed by atoms with E-state index >= 15 is 0 Å². The molecule has 0 unspecified atom stereocenters. The van der Waals surface area contributed by atoms with Crippen LogP contribution in [0.25, 0.3) is 5.69 Å². The second-order valence-electron chi connectivity index (χ2n) is 9.20. The monoisotopic (exact) mass is 460 g/mol. The van der Waals surface area contributed by atoms with Gasteiger partial charge in [0.25, 0.3) is 0 Å². The van der Waals surface area contributed by atoms with Crippen LogP contribution in [-0.2, 0) is 15.0 Å². The van der Waals surface area contributed by atoms with E-state index in [0.29, 0.717) is 29.5 Å². The minimum atomic E-state index is -0.242. The Morgan fingerprint density at radius 2 is 1.81 bits per heavy atom. The van der Waals surface area contributed by atoms with Crippen molar-refractivity contribution in [3.05, 3.63) is 41.0 Å². The summed E-state index contributed by atoms with van der Waals surface area (Å²) >= 11 is 6.40. The first kappa shape index (κ1) is 25.9. The Morgan fingerprint density at radius 3 is 2.44 bits per heavy atom. The molecule has 2 aromatic rings. The molecule has 0 aliphatic heterocycles. The number of unbranched alkanes of at least 4 members (excludes halogenated alkanes) is 3. The first-order valence-corrected chi connectivity index (χ1v) is 12.0. The number of para-hydroxylation sites is 1. The normalized spacial score (nSPS) is 11.4. The second-order valence-corrected chi connectivity index (χ2v) is 9.61. The van der Waals surface area contributed by atoms with Gasteiger partial charge in [-0.1, -0.05) is 77.6 Å². The van der Waals surface area contributed by atoms with Gasteiger partial charge in [0.05, 0.1) is 22.9 Å². The van der Waals surface area contributed by atoms with Gasteiger partial charge in [0.15, 0.2) is 0 Å². The first-order chi connectivity index (χ1) is 15.2. The standard InChI is InChI=1S/C25H37ClN4O2/c1-6-8-9-10-15-24(32)29(16-7-2)18-23(31)27-22-17-21(25(3,4)5)28-30(22)20-14-12-11-13-19(20)26/h11-14,17H,6-10,15-16,18H2,1-5H3,(H,27,31). The number of halogens is 1. The molecule has 1 aromatic heterocycles. The largest absolute Gasteiger partial charge is 0.333 e. The molecule has 1 aromatic carbocycles. The van der Waals surface area contributed by atoms with Gasteiger partial charge in [-0.2, -0.15) is 5.10 Å². The fourth-order valence-corrected chi connectivity index (χ4v) is 3.64. The average molecular weight is 461 g/mol. The molecule has 0 atom stereocenters. The molecule has 0 bridgehead atoms. The number of anilines is 1. The zero-order valence-electron chi connectivity index (χ0n) is 20.1. The minimum absolute atomic E-state index is 0.0268. The van der Waals surface area contributed by atoms with Crippen LogP contribution in [0.2, 0.25) is 5.02 Å². The number of carbonyl (C=O) groups is 2. The summed E-state index contributed by atoms with van der Waals surface area (Å²) in [6.07, 6.45) is 5.46. The zero-order chi connectivity index (χ0) is 23.7. The predicted octanol–water partition coefficient (Wildman–Crippen LogP) is 5.97. The first-order valence-electron chi connectivity index (χ1n) is 11.6. The fourth-order valence-electron chi connectivity index (χ4n) is 3.42. The number of aromatic nitrogens is 2. The molecule has 2 rings (SSSR count). The van der Waals surface area contributed by atoms with Crippen molar-refractivity contribution < 1.29 is 9.59 Å². The quantitative estimate of drug-likeness (QED) is 0.420. The number of nitrogens with zero attached hydrogens (tertiary/aromatic N) is 3. The molecule has 0 aliphatic carbocycles. The number of hydrogen-bond donors (Lipinski definition) is 1. The topological polar surface area (TPSA) is 67.2 Å². The third-order valence-corrected chi connectivity index (χ3v) is 5.57. The summed E-state index contributed by atoms with van der Waals surface area (Å²) in [4.78, 5) is 27.2. The summed E-state index contributed by atoms with van der Waals surface area (Å²) in [5, 5.41) is 8.21. The lowest BCUT2D eigenvalue weighted by Crippen LogP contribution is -2.38. The molecule has 0 fully saturated rings. The van der Waals surface area contributed by atoms with Crippen molar-refractivity contribution in [1.29, 1.82) is 0 Å². The van der Waals surface area contributed by atoms with Crippen molar-refractivity contribution in [3.8, 4) is 5.69 Å². The Labute approximate surface area is 197 Å². The highest BCUT2D eigenvalue weighted by atomic mass is 35.5. The molecule has 0 aliphatic rings. The fraction of sp³-hybridized carbons (Fsp3) is 0.560. The predicted molar refractivity (Wildman–Crippen MR) is 132 cm³/mol. The van der Waals surface area contributed by atoms with E-state index in [1.807, 2.05) is 31.2 Å². The summed E-state index contributed by atoms with van der Waals surface area (Å²) in [6.45, 7) is 11.0. The molecular formula is C25H37ClN4O2. The van der Waals surface area contributed by atoms with Crippen LogP contribution in [0.1, 0.15) is 78.8 Å². The minimum Gasteiger partial charge on any atom is -0.333 e. The molecule has 6 nitrogen and oxygen atoms in total. The molecule has 176 valence electrons. The summed E-state index contributed by atoms with van der Waals surface area (Å²) in [5.74, 6) is 0.335. The van der Waals surface area contributed by atoms with Crippen LogP contribution in [0, 0.1) is 0 Å². The van der Waals surface area contributed by atoms with E-state index in [-0.39, 0.29) is 23.8 Å². The van der Waals surface area contributed by atoms with Crippen LogP contribution in [0.15, 0.2) is 30.3 Å². The molecular weight excluding hydrogens is 424 g/mol. The number of carbonyl (C=O) groups excluding carboxylic acids is 2. The van der Waals surface area contributed by atoms with Gasteiger partial charge in [0.1, 0.15) is 5.82 Å². The van der Waals surface area contributed by atoms with Crippen molar-refractivity contribution in [3.63, 3.8) is 0 Å². The van der Waals surface area contributed by atoms with E-state index in [2.05, 4.69) is 33.0 Å². The van der Waals surface area contributed by atoms with Crippen LogP contribution < -0.4 is 5.32 Å². The number of rotatable bonds is 11. The van der Waals surface area contributed by atoms with Crippen molar-refractivity contribution in [2.45, 2.75) is 78.6 Å². The maximum Gasteiger partial charge on any atom is 0.245 e. The van der Waals surface area contributed by atoms with Gasteiger partial charge in [0, 0.05) is 24.4 Å². The zero-order valence-corrected chi connectivity index (χ0v) is 20.8. The van der Waals surface area contributed by atoms with E-state index in [0.717, 1.165) is 37.8 Å². The van der Waals surface area contributed by atoms with E-state index < -0.39 is 0 Å². The van der Waals surface area contributed by atoms with Gasteiger partial charge in [0.2, 0.25) is 11.8 Å². The molecule has 32 heavy (non-hydrogen) atoms. The SMILES string of the molecule is CCCCCCC(=O)N(CCC)CC(=O)Nc1cc(C(C)(C)C)nn1-c1ccccc1Cl. The highest BCUT2D eigenvalue weighted by molar-refractivity contribution is 6.32. The van der Waals surface area contributed by atoms with Crippen LogP contribution in [0.3, 0.4) is 0 Å². The summed E-state index contributed by atoms with van der Waals surface area (Å²) < 4.78 is 1.66. The third kappa shape index (κ3) is 7.37. The molecule has 1 N–H and O–H groups in total. The third-order valence-electron chi connectivity index (χ3n) is 5.25. The van der Waals surface area contributed by atoms with Gasteiger partial charge in [-0.3, -0.25) is 9.59 Å². The highest BCUT2D eigenvalue weighted by Gasteiger charge is 2.23. The molecule has 0 spiro atoms. The number of benzene rings is 1. The Balaban J connectivity index is 2.19. The van der Waals surface area contributed by atoms with E-state index in [4.69, 9.17) is 16.7 Å². The van der Waals surface area contributed by atoms with Crippen molar-refractivity contribution in [2.24, 2.45) is 0 Å². The Bertz CT molecular complexity index is 902. The lowest BCUT2D eigenvalue weighted by Gasteiger charge is -2.22. The maximum absolute atomic E-state index is 12.9. The Hall–Kier alpha value is -2.34.